The number of allylic oxidation sites excluding steroid dienone is 3. The van der Waals surface area contributed by atoms with Crippen molar-refractivity contribution in [2.75, 3.05) is 13.1 Å². The Morgan fingerprint density at radius 2 is 2.12 bits per heavy atom. The Morgan fingerprint density at radius 1 is 1.32 bits per heavy atom. The molecular weight excluding hydrogens is 336 g/mol. The van der Waals surface area contributed by atoms with Crippen LogP contribution in [0, 0.1) is 11.8 Å². The van der Waals surface area contributed by atoms with Crippen molar-refractivity contribution in [3.8, 4) is 0 Å². The Kier molecular flexibility index (Phi) is 5.68. The van der Waals surface area contributed by atoms with E-state index in [4.69, 9.17) is 4.42 Å². The Bertz CT molecular complexity index is 664. The fourth-order valence-corrected chi connectivity index (χ4v) is 5.20. The average molecular weight is 360 g/mol. The third-order valence-electron chi connectivity index (χ3n) is 4.85. The van der Waals surface area contributed by atoms with E-state index >= 15 is 0 Å². The van der Waals surface area contributed by atoms with Crippen molar-refractivity contribution in [3.05, 3.63) is 48.5 Å². The highest BCUT2D eigenvalue weighted by atomic mass is 32.2. The fraction of sp³-hybridized carbons (Fsp3) is 0.474. The number of thioether (sulfide) groups is 1. The summed E-state index contributed by atoms with van der Waals surface area (Å²) in [6.45, 7) is 5.34. The van der Waals surface area contributed by atoms with E-state index < -0.39 is 0 Å². The molecule has 1 fully saturated rings. The molecular formula is C19H24N2O3S. The summed E-state index contributed by atoms with van der Waals surface area (Å²) in [4.78, 5) is 27.4. The van der Waals surface area contributed by atoms with Crippen LogP contribution in [0.2, 0.25) is 0 Å². The van der Waals surface area contributed by atoms with Gasteiger partial charge in [0.25, 0.3) is 5.91 Å². The second-order valence-corrected chi connectivity index (χ2v) is 7.55. The number of hydrogen-bond donors (Lipinski definition) is 1. The zero-order valence-corrected chi connectivity index (χ0v) is 15.4. The van der Waals surface area contributed by atoms with Gasteiger partial charge in [-0.15, -0.1) is 11.8 Å². The Balaban J connectivity index is 1.84. The number of carbonyl (C=O) groups is 2. The van der Waals surface area contributed by atoms with Crippen molar-refractivity contribution in [1.82, 2.24) is 10.2 Å². The number of amides is 2. The molecule has 2 heterocycles. The summed E-state index contributed by atoms with van der Waals surface area (Å²) in [5.41, 5.74) is 0. The van der Waals surface area contributed by atoms with E-state index in [1.54, 1.807) is 23.9 Å². The van der Waals surface area contributed by atoms with Crippen LogP contribution in [0.1, 0.15) is 30.8 Å². The van der Waals surface area contributed by atoms with Crippen LogP contribution in [0.15, 0.2) is 47.1 Å². The van der Waals surface area contributed by atoms with Crippen LogP contribution in [0.4, 0.5) is 0 Å². The van der Waals surface area contributed by atoms with Crippen LogP contribution in [0.3, 0.4) is 0 Å². The highest BCUT2D eigenvalue weighted by Crippen LogP contribution is 2.46. The lowest BCUT2D eigenvalue weighted by molar-refractivity contribution is -0.136. The largest absolute Gasteiger partial charge is 0.459 e. The molecule has 2 aliphatic rings. The molecule has 0 radical (unpaired) electrons. The van der Waals surface area contributed by atoms with Crippen LogP contribution < -0.4 is 5.32 Å². The van der Waals surface area contributed by atoms with Gasteiger partial charge in [-0.2, -0.15) is 0 Å². The van der Waals surface area contributed by atoms with E-state index in [9.17, 15) is 9.59 Å². The van der Waals surface area contributed by atoms with Gasteiger partial charge in [0, 0.05) is 18.3 Å². The first kappa shape index (κ1) is 17.9. The van der Waals surface area contributed by atoms with Gasteiger partial charge >= 0.3 is 0 Å². The smallest absolute Gasteiger partial charge is 0.287 e. The molecule has 2 amide bonds. The number of rotatable bonds is 5. The Labute approximate surface area is 152 Å². The standard InChI is InChI=1S/C19H24N2O3S/c1-3-21(4-2)19(23)16-13-9-6-5-7-11-15(13)25-18(16)20-17(22)14-10-8-12-24-14/h5-8,10-13,15-16,18H,3-4,9H2,1-2H3,(H,20,22). The van der Waals surface area contributed by atoms with Crippen LogP contribution in [-0.4, -0.2) is 40.4 Å². The quantitative estimate of drug-likeness (QED) is 0.877. The molecule has 1 aliphatic carbocycles. The normalized spacial score (nSPS) is 27.6. The Hall–Kier alpha value is -1.95. The SMILES string of the molecule is CCN(CC)C(=O)C1C(NC(=O)c2ccco2)SC2C=CC=CCC21. The summed E-state index contributed by atoms with van der Waals surface area (Å²) in [5.74, 6) is 0.0858. The Morgan fingerprint density at radius 3 is 2.80 bits per heavy atom. The highest BCUT2D eigenvalue weighted by Gasteiger charge is 2.48. The van der Waals surface area contributed by atoms with Crippen molar-refractivity contribution in [2.24, 2.45) is 11.8 Å². The molecule has 1 aromatic rings. The summed E-state index contributed by atoms with van der Waals surface area (Å²) in [7, 11) is 0. The number of nitrogens with one attached hydrogen (secondary N) is 1. The summed E-state index contributed by atoms with van der Waals surface area (Å²) in [6.07, 6.45) is 10.6. The lowest BCUT2D eigenvalue weighted by atomic mass is 9.85. The molecule has 134 valence electrons. The van der Waals surface area contributed by atoms with Gasteiger partial charge in [0.1, 0.15) is 0 Å². The minimum atomic E-state index is -0.268. The summed E-state index contributed by atoms with van der Waals surface area (Å²) >= 11 is 1.66. The van der Waals surface area contributed by atoms with Crippen LogP contribution in [-0.2, 0) is 4.79 Å². The number of fused-ring (bicyclic) bond motifs is 1. The predicted octanol–water partition coefficient (Wildman–Crippen LogP) is 3.07. The van der Waals surface area contributed by atoms with Gasteiger partial charge in [-0.1, -0.05) is 24.3 Å². The molecule has 6 heteroatoms. The minimum Gasteiger partial charge on any atom is -0.459 e. The second kappa shape index (κ2) is 7.95. The van der Waals surface area contributed by atoms with Crippen LogP contribution in [0.5, 0.6) is 0 Å². The van der Waals surface area contributed by atoms with E-state index in [0.717, 1.165) is 6.42 Å². The summed E-state index contributed by atoms with van der Waals surface area (Å²) < 4.78 is 5.19. The first-order chi connectivity index (χ1) is 12.2. The number of hydrogen-bond acceptors (Lipinski definition) is 4. The zero-order valence-electron chi connectivity index (χ0n) is 14.6. The van der Waals surface area contributed by atoms with Gasteiger partial charge < -0.3 is 14.6 Å². The van der Waals surface area contributed by atoms with Gasteiger partial charge in [0.2, 0.25) is 5.91 Å². The third kappa shape index (κ3) is 3.68. The number of nitrogens with zero attached hydrogens (tertiary/aromatic N) is 1. The van der Waals surface area contributed by atoms with Crippen LogP contribution >= 0.6 is 11.8 Å². The first-order valence-corrected chi connectivity index (χ1v) is 9.72. The van der Waals surface area contributed by atoms with Gasteiger partial charge in [0.05, 0.1) is 17.6 Å². The molecule has 0 bridgehead atoms. The number of furan rings is 1. The minimum absolute atomic E-state index is 0.124. The molecule has 1 N–H and O–H groups in total. The average Bonchev–Trinajstić information content (AvgIpc) is 3.19. The lowest BCUT2D eigenvalue weighted by Gasteiger charge is -2.29. The molecule has 0 saturated carbocycles. The van der Waals surface area contributed by atoms with E-state index in [-0.39, 0.29) is 40.0 Å². The van der Waals surface area contributed by atoms with E-state index in [1.165, 1.54) is 6.26 Å². The van der Waals surface area contributed by atoms with Crippen LogP contribution in [0.25, 0.3) is 0 Å². The first-order valence-electron chi connectivity index (χ1n) is 8.77. The van der Waals surface area contributed by atoms with Crippen molar-refractivity contribution >= 4 is 23.6 Å². The van der Waals surface area contributed by atoms with Crippen molar-refractivity contribution in [3.63, 3.8) is 0 Å². The molecule has 1 aromatic heterocycles. The maximum atomic E-state index is 13.1. The molecule has 0 aromatic carbocycles. The molecule has 1 saturated heterocycles. The highest BCUT2D eigenvalue weighted by molar-refractivity contribution is 8.01. The fourth-order valence-electron chi connectivity index (χ4n) is 3.53. The van der Waals surface area contributed by atoms with Gasteiger partial charge in [-0.25, -0.2) is 0 Å². The van der Waals surface area contributed by atoms with Gasteiger partial charge in [0.15, 0.2) is 5.76 Å². The molecule has 4 unspecified atom stereocenters. The van der Waals surface area contributed by atoms with Crippen molar-refractivity contribution in [1.29, 1.82) is 0 Å². The topological polar surface area (TPSA) is 62.6 Å². The summed E-state index contributed by atoms with van der Waals surface area (Å²) in [5, 5.41) is 2.99. The predicted molar refractivity (Wildman–Crippen MR) is 99.1 cm³/mol. The van der Waals surface area contributed by atoms with Crippen molar-refractivity contribution in [2.45, 2.75) is 30.9 Å². The molecule has 5 nitrogen and oxygen atoms in total. The van der Waals surface area contributed by atoms with Crippen molar-refractivity contribution < 1.29 is 14.0 Å². The lowest BCUT2D eigenvalue weighted by Crippen LogP contribution is -2.46. The molecule has 4 atom stereocenters. The third-order valence-corrected chi connectivity index (χ3v) is 6.37. The zero-order chi connectivity index (χ0) is 17.8. The maximum Gasteiger partial charge on any atom is 0.287 e. The molecule has 0 spiro atoms. The second-order valence-electron chi connectivity index (χ2n) is 6.22. The van der Waals surface area contributed by atoms with Gasteiger partial charge in [-0.05, 0) is 38.3 Å². The number of carbonyl (C=O) groups excluding carboxylic acids is 2. The summed E-state index contributed by atoms with van der Waals surface area (Å²) in [6, 6.07) is 3.32. The van der Waals surface area contributed by atoms with E-state index in [1.807, 2.05) is 30.9 Å². The monoisotopic (exact) mass is 360 g/mol. The molecule has 3 rings (SSSR count). The molecule has 25 heavy (non-hydrogen) atoms. The van der Waals surface area contributed by atoms with E-state index in [2.05, 4.69) is 17.5 Å². The van der Waals surface area contributed by atoms with E-state index in [0.29, 0.717) is 13.1 Å². The molecule has 1 aliphatic heterocycles. The maximum absolute atomic E-state index is 13.1. The van der Waals surface area contributed by atoms with Gasteiger partial charge in [-0.3, -0.25) is 9.59 Å².